The van der Waals surface area contributed by atoms with E-state index in [0.717, 1.165) is 30.0 Å². The molecule has 0 atom stereocenters. The monoisotopic (exact) mass is 193 g/mol. The van der Waals surface area contributed by atoms with E-state index in [4.69, 9.17) is 5.11 Å². The zero-order valence-corrected chi connectivity index (χ0v) is 8.54. The molecule has 1 aromatic rings. The second-order valence-electron chi connectivity index (χ2n) is 4.01. The zero-order chi connectivity index (χ0) is 10.2. The Morgan fingerprint density at radius 1 is 1.50 bits per heavy atom. The molecule has 1 aromatic heterocycles. The summed E-state index contributed by atoms with van der Waals surface area (Å²) in [5.74, 6) is 0.802. The van der Waals surface area contributed by atoms with Gasteiger partial charge in [0.05, 0.1) is 23.5 Å². The minimum absolute atomic E-state index is 0.118. The third-order valence-corrected chi connectivity index (χ3v) is 2.62. The molecule has 1 aliphatic rings. The van der Waals surface area contributed by atoms with Crippen LogP contribution in [0.4, 0.5) is 5.82 Å². The Balaban J connectivity index is 2.20. The van der Waals surface area contributed by atoms with Gasteiger partial charge in [0.25, 0.3) is 0 Å². The molecular weight excluding hydrogens is 178 g/mol. The minimum atomic E-state index is -0.118. The van der Waals surface area contributed by atoms with Gasteiger partial charge in [-0.05, 0) is 26.7 Å². The Kier molecular flexibility index (Phi) is 2.15. The quantitative estimate of drug-likeness (QED) is 0.752. The molecule has 4 heteroatoms. The summed E-state index contributed by atoms with van der Waals surface area (Å²) in [7, 11) is 0. The van der Waals surface area contributed by atoms with Crippen LogP contribution in [0.15, 0.2) is 6.20 Å². The Hall–Kier alpha value is -1.16. The summed E-state index contributed by atoms with van der Waals surface area (Å²) in [5.41, 5.74) is 1.66. The van der Waals surface area contributed by atoms with Gasteiger partial charge in [-0.25, -0.2) is 4.98 Å². The minimum Gasteiger partial charge on any atom is -0.394 e. The van der Waals surface area contributed by atoms with Crippen LogP contribution in [0.25, 0.3) is 0 Å². The molecule has 0 spiro atoms. The lowest BCUT2D eigenvalue weighted by Crippen LogP contribution is -2.27. The first-order valence-corrected chi connectivity index (χ1v) is 4.84. The molecule has 1 saturated carbocycles. The maximum Gasteiger partial charge on any atom is 0.148 e. The average Bonchev–Trinajstić information content (AvgIpc) is 2.92. The standard InChI is InChI=1S/C10H15N3O/c1-7-5-11-8(2)9(12-7)13-10(6-14)3-4-10/h5,14H,3-4,6H2,1-2H3,(H,12,13). The zero-order valence-electron chi connectivity index (χ0n) is 8.54. The van der Waals surface area contributed by atoms with Crippen molar-refractivity contribution >= 4 is 5.82 Å². The summed E-state index contributed by atoms with van der Waals surface area (Å²) in [4.78, 5) is 8.58. The van der Waals surface area contributed by atoms with E-state index in [1.165, 1.54) is 0 Å². The van der Waals surface area contributed by atoms with Crippen molar-refractivity contribution in [2.75, 3.05) is 11.9 Å². The fraction of sp³-hybridized carbons (Fsp3) is 0.600. The lowest BCUT2D eigenvalue weighted by atomic mass is 10.3. The molecule has 0 unspecified atom stereocenters. The molecule has 0 saturated heterocycles. The molecule has 76 valence electrons. The number of rotatable bonds is 3. The van der Waals surface area contributed by atoms with Crippen molar-refractivity contribution in [1.29, 1.82) is 0 Å². The van der Waals surface area contributed by atoms with Crippen LogP contribution in [-0.4, -0.2) is 27.2 Å². The van der Waals surface area contributed by atoms with Crippen molar-refractivity contribution in [2.24, 2.45) is 0 Å². The highest BCUT2D eigenvalue weighted by molar-refractivity contribution is 5.44. The lowest BCUT2D eigenvalue weighted by molar-refractivity contribution is 0.266. The van der Waals surface area contributed by atoms with Crippen LogP contribution < -0.4 is 5.32 Å². The predicted molar refractivity (Wildman–Crippen MR) is 54.2 cm³/mol. The number of aryl methyl sites for hydroxylation is 2. The van der Waals surface area contributed by atoms with E-state index in [1.807, 2.05) is 13.8 Å². The number of hydrogen-bond acceptors (Lipinski definition) is 4. The highest BCUT2D eigenvalue weighted by atomic mass is 16.3. The average molecular weight is 193 g/mol. The molecule has 2 rings (SSSR count). The van der Waals surface area contributed by atoms with Gasteiger partial charge in [-0.2, -0.15) is 0 Å². The predicted octanol–water partition coefficient (Wildman–Crippen LogP) is 1.03. The van der Waals surface area contributed by atoms with Crippen molar-refractivity contribution < 1.29 is 5.11 Å². The van der Waals surface area contributed by atoms with Gasteiger partial charge in [0.1, 0.15) is 5.82 Å². The highest BCUT2D eigenvalue weighted by Crippen LogP contribution is 2.38. The molecule has 1 fully saturated rings. The summed E-state index contributed by atoms with van der Waals surface area (Å²) in [6, 6.07) is 0. The van der Waals surface area contributed by atoms with Crippen LogP contribution in [-0.2, 0) is 0 Å². The van der Waals surface area contributed by atoms with Gasteiger partial charge in [0, 0.05) is 6.20 Å². The lowest BCUT2D eigenvalue weighted by Gasteiger charge is -2.16. The molecule has 2 N–H and O–H groups in total. The normalized spacial score (nSPS) is 17.9. The summed E-state index contributed by atoms with van der Waals surface area (Å²) >= 11 is 0. The van der Waals surface area contributed by atoms with E-state index in [0.29, 0.717) is 0 Å². The van der Waals surface area contributed by atoms with E-state index in [9.17, 15) is 0 Å². The number of aliphatic hydroxyl groups is 1. The Bertz CT molecular complexity index is 347. The first kappa shape index (κ1) is 9.40. The second kappa shape index (κ2) is 3.20. The van der Waals surface area contributed by atoms with Crippen LogP contribution in [0.3, 0.4) is 0 Å². The van der Waals surface area contributed by atoms with E-state index < -0.39 is 0 Å². The second-order valence-corrected chi connectivity index (χ2v) is 4.01. The van der Waals surface area contributed by atoms with E-state index in [-0.39, 0.29) is 12.1 Å². The number of aliphatic hydroxyl groups excluding tert-OH is 1. The molecular formula is C10H15N3O. The number of nitrogens with one attached hydrogen (secondary N) is 1. The summed E-state index contributed by atoms with van der Waals surface area (Å²) < 4.78 is 0. The van der Waals surface area contributed by atoms with Gasteiger partial charge in [0.15, 0.2) is 0 Å². The van der Waals surface area contributed by atoms with Gasteiger partial charge >= 0.3 is 0 Å². The summed E-state index contributed by atoms with van der Waals surface area (Å²) in [6.45, 7) is 4.00. The van der Waals surface area contributed by atoms with Gasteiger partial charge in [-0.1, -0.05) is 0 Å². The number of nitrogens with zero attached hydrogens (tertiary/aromatic N) is 2. The third-order valence-electron chi connectivity index (χ3n) is 2.62. The van der Waals surface area contributed by atoms with Crippen molar-refractivity contribution in [3.63, 3.8) is 0 Å². The van der Waals surface area contributed by atoms with Crippen LogP contribution in [0.5, 0.6) is 0 Å². The van der Waals surface area contributed by atoms with Crippen LogP contribution in [0.2, 0.25) is 0 Å². The molecule has 4 nitrogen and oxygen atoms in total. The number of aromatic nitrogens is 2. The molecule has 0 radical (unpaired) electrons. The Morgan fingerprint density at radius 3 is 2.79 bits per heavy atom. The number of anilines is 1. The van der Waals surface area contributed by atoms with Crippen molar-refractivity contribution in [3.8, 4) is 0 Å². The van der Waals surface area contributed by atoms with Crippen molar-refractivity contribution in [3.05, 3.63) is 17.6 Å². The maximum absolute atomic E-state index is 9.17. The van der Waals surface area contributed by atoms with Crippen LogP contribution >= 0.6 is 0 Å². The fourth-order valence-electron chi connectivity index (χ4n) is 1.38. The topological polar surface area (TPSA) is 58.0 Å². The molecule has 0 bridgehead atoms. The molecule has 0 aromatic carbocycles. The summed E-state index contributed by atoms with van der Waals surface area (Å²) in [5, 5.41) is 12.4. The summed E-state index contributed by atoms with van der Waals surface area (Å²) in [6.07, 6.45) is 3.77. The molecule has 1 aliphatic carbocycles. The number of hydrogen-bond donors (Lipinski definition) is 2. The van der Waals surface area contributed by atoms with Crippen molar-refractivity contribution in [1.82, 2.24) is 9.97 Å². The van der Waals surface area contributed by atoms with E-state index in [1.54, 1.807) is 6.20 Å². The van der Waals surface area contributed by atoms with E-state index in [2.05, 4.69) is 15.3 Å². The van der Waals surface area contributed by atoms with Crippen molar-refractivity contribution in [2.45, 2.75) is 32.2 Å². The van der Waals surface area contributed by atoms with Gasteiger partial charge in [-0.3, -0.25) is 4.98 Å². The van der Waals surface area contributed by atoms with Crippen LogP contribution in [0, 0.1) is 13.8 Å². The largest absolute Gasteiger partial charge is 0.394 e. The molecule has 14 heavy (non-hydrogen) atoms. The van der Waals surface area contributed by atoms with Crippen LogP contribution in [0.1, 0.15) is 24.2 Å². The Labute approximate surface area is 83.4 Å². The SMILES string of the molecule is Cc1cnc(C)c(NC2(CO)CC2)n1. The van der Waals surface area contributed by atoms with Gasteiger partial charge < -0.3 is 10.4 Å². The molecule has 0 amide bonds. The van der Waals surface area contributed by atoms with E-state index >= 15 is 0 Å². The van der Waals surface area contributed by atoms with Gasteiger partial charge in [-0.15, -0.1) is 0 Å². The smallest absolute Gasteiger partial charge is 0.148 e. The molecule has 0 aliphatic heterocycles. The molecule has 1 heterocycles. The van der Waals surface area contributed by atoms with Gasteiger partial charge in [0.2, 0.25) is 0 Å². The first-order chi connectivity index (χ1) is 6.65. The Morgan fingerprint density at radius 2 is 2.21 bits per heavy atom. The first-order valence-electron chi connectivity index (χ1n) is 4.84. The maximum atomic E-state index is 9.17. The fourth-order valence-corrected chi connectivity index (χ4v) is 1.38. The third kappa shape index (κ3) is 1.70. The highest BCUT2D eigenvalue weighted by Gasteiger charge is 2.42.